The van der Waals surface area contributed by atoms with Crippen molar-refractivity contribution in [1.82, 2.24) is 5.32 Å². The van der Waals surface area contributed by atoms with E-state index < -0.39 is 0 Å². The van der Waals surface area contributed by atoms with Gasteiger partial charge in [-0.1, -0.05) is 27.7 Å². The maximum absolute atomic E-state index is 11.5. The number of hydrogen-bond donors (Lipinski definition) is 2. The van der Waals surface area contributed by atoms with Crippen LogP contribution in [0.25, 0.3) is 0 Å². The molecule has 0 heterocycles. The number of nitrogens with two attached hydrogens (primary N) is 1. The quantitative estimate of drug-likeness (QED) is 0.641. The number of ether oxygens (including phenoxy) is 1. The molecular formula is C12H26N2O2. The monoisotopic (exact) mass is 230 g/mol. The van der Waals surface area contributed by atoms with Gasteiger partial charge in [0, 0.05) is 6.54 Å². The van der Waals surface area contributed by atoms with Gasteiger partial charge in [0.25, 0.3) is 0 Å². The zero-order valence-electron chi connectivity index (χ0n) is 11.1. The predicted molar refractivity (Wildman–Crippen MR) is 66.0 cm³/mol. The smallest absolute Gasteiger partial charge is 0.323 e. The molecule has 0 saturated heterocycles. The lowest BCUT2D eigenvalue weighted by Gasteiger charge is -2.25. The van der Waals surface area contributed by atoms with Crippen LogP contribution < -0.4 is 11.1 Å². The summed E-state index contributed by atoms with van der Waals surface area (Å²) in [6.45, 7) is 9.68. The molecule has 4 nitrogen and oxygen atoms in total. The zero-order chi connectivity index (χ0) is 12.7. The van der Waals surface area contributed by atoms with Crippen LogP contribution in [0.5, 0.6) is 0 Å². The summed E-state index contributed by atoms with van der Waals surface area (Å²) in [7, 11) is 1.42. The highest BCUT2D eigenvalue weighted by atomic mass is 16.5. The van der Waals surface area contributed by atoms with E-state index in [-0.39, 0.29) is 17.9 Å². The van der Waals surface area contributed by atoms with Gasteiger partial charge in [0.2, 0.25) is 0 Å². The average Bonchev–Trinajstić information content (AvgIpc) is 2.22. The van der Waals surface area contributed by atoms with E-state index in [1.807, 2.05) is 13.8 Å². The second kappa shape index (κ2) is 7.63. The van der Waals surface area contributed by atoms with Gasteiger partial charge in [-0.3, -0.25) is 4.79 Å². The van der Waals surface area contributed by atoms with Crippen molar-refractivity contribution in [1.29, 1.82) is 0 Å². The van der Waals surface area contributed by atoms with E-state index in [9.17, 15) is 4.79 Å². The van der Waals surface area contributed by atoms with Crippen molar-refractivity contribution >= 4 is 5.97 Å². The van der Waals surface area contributed by atoms with E-state index in [1.54, 1.807) is 0 Å². The summed E-state index contributed by atoms with van der Waals surface area (Å²) in [5.74, 6) is 0.932. The minimum Gasteiger partial charge on any atom is -0.468 e. The maximum Gasteiger partial charge on any atom is 0.323 e. The fourth-order valence-electron chi connectivity index (χ4n) is 1.59. The molecule has 0 spiro atoms. The SMILES string of the molecule is COC(=O)[C@@H](NCC(CN)C(C)C)C(C)C. The molecular weight excluding hydrogens is 204 g/mol. The Balaban J connectivity index is 4.26. The molecule has 2 atom stereocenters. The van der Waals surface area contributed by atoms with Crippen molar-refractivity contribution < 1.29 is 9.53 Å². The van der Waals surface area contributed by atoms with E-state index >= 15 is 0 Å². The van der Waals surface area contributed by atoms with Crippen LogP contribution in [0.4, 0.5) is 0 Å². The van der Waals surface area contributed by atoms with Crippen LogP contribution in [0.3, 0.4) is 0 Å². The Hall–Kier alpha value is -0.610. The molecule has 0 aromatic carbocycles. The molecule has 0 aliphatic rings. The normalized spacial score (nSPS) is 15.2. The fourth-order valence-corrected chi connectivity index (χ4v) is 1.59. The summed E-state index contributed by atoms with van der Waals surface area (Å²) in [4.78, 5) is 11.5. The Labute approximate surface area is 98.9 Å². The van der Waals surface area contributed by atoms with E-state index in [1.165, 1.54) is 7.11 Å². The molecule has 0 aromatic rings. The van der Waals surface area contributed by atoms with Gasteiger partial charge in [0.1, 0.15) is 6.04 Å². The molecule has 3 N–H and O–H groups in total. The predicted octanol–water partition coefficient (Wildman–Crippen LogP) is 1.00. The Morgan fingerprint density at radius 1 is 1.25 bits per heavy atom. The van der Waals surface area contributed by atoms with Crippen molar-refractivity contribution in [2.45, 2.75) is 33.7 Å². The second-order valence-corrected chi connectivity index (χ2v) is 4.89. The Morgan fingerprint density at radius 3 is 2.12 bits per heavy atom. The third kappa shape index (κ3) is 4.94. The van der Waals surface area contributed by atoms with E-state index in [0.717, 1.165) is 6.54 Å². The molecule has 0 bridgehead atoms. The highest BCUT2D eigenvalue weighted by Crippen LogP contribution is 2.10. The summed E-state index contributed by atoms with van der Waals surface area (Å²) in [6.07, 6.45) is 0. The molecule has 4 heteroatoms. The topological polar surface area (TPSA) is 64.3 Å². The lowest BCUT2D eigenvalue weighted by atomic mass is 9.95. The molecule has 0 fully saturated rings. The largest absolute Gasteiger partial charge is 0.468 e. The Morgan fingerprint density at radius 2 is 1.81 bits per heavy atom. The Kier molecular flexibility index (Phi) is 7.34. The number of carbonyl (C=O) groups excluding carboxylic acids is 1. The summed E-state index contributed by atoms with van der Waals surface area (Å²) in [5, 5.41) is 3.25. The molecule has 96 valence electrons. The average molecular weight is 230 g/mol. The van der Waals surface area contributed by atoms with Crippen molar-refractivity contribution in [2.75, 3.05) is 20.2 Å². The first kappa shape index (κ1) is 15.4. The molecule has 0 saturated carbocycles. The molecule has 16 heavy (non-hydrogen) atoms. The third-order valence-corrected chi connectivity index (χ3v) is 2.97. The number of hydrogen-bond acceptors (Lipinski definition) is 4. The molecule has 0 aliphatic carbocycles. The zero-order valence-corrected chi connectivity index (χ0v) is 11.1. The minimum atomic E-state index is -0.238. The van der Waals surface area contributed by atoms with Crippen LogP contribution in [-0.2, 0) is 9.53 Å². The second-order valence-electron chi connectivity index (χ2n) is 4.89. The van der Waals surface area contributed by atoms with Gasteiger partial charge >= 0.3 is 5.97 Å². The van der Waals surface area contributed by atoms with Gasteiger partial charge in [-0.25, -0.2) is 0 Å². The van der Waals surface area contributed by atoms with Gasteiger partial charge in [0.15, 0.2) is 0 Å². The lowest BCUT2D eigenvalue weighted by Crippen LogP contribution is -2.45. The number of nitrogens with one attached hydrogen (secondary N) is 1. The molecule has 0 aliphatic heterocycles. The van der Waals surface area contributed by atoms with Crippen molar-refractivity contribution in [3.05, 3.63) is 0 Å². The van der Waals surface area contributed by atoms with E-state index in [0.29, 0.717) is 18.4 Å². The Bertz CT molecular complexity index is 205. The summed E-state index contributed by atoms with van der Waals surface area (Å²) in [5.41, 5.74) is 5.69. The standard InChI is InChI=1S/C12H26N2O2/c1-8(2)10(6-13)7-14-11(9(3)4)12(15)16-5/h8-11,14H,6-7,13H2,1-5H3/t10?,11-/m0/s1. The van der Waals surface area contributed by atoms with Crippen LogP contribution >= 0.6 is 0 Å². The van der Waals surface area contributed by atoms with Crippen molar-refractivity contribution in [2.24, 2.45) is 23.5 Å². The minimum absolute atomic E-state index is 0.200. The summed E-state index contributed by atoms with van der Waals surface area (Å²) in [6, 6.07) is -0.238. The van der Waals surface area contributed by atoms with Gasteiger partial charge < -0.3 is 15.8 Å². The van der Waals surface area contributed by atoms with Crippen molar-refractivity contribution in [3.8, 4) is 0 Å². The van der Waals surface area contributed by atoms with Crippen LogP contribution in [-0.4, -0.2) is 32.2 Å². The van der Waals surface area contributed by atoms with Crippen LogP contribution in [0, 0.1) is 17.8 Å². The first-order valence-corrected chi connectivity index (χ1v) is 5.95. The fraction of sp³-hybridized carbons (Fsp3) is 0.917. The van der Waals surface area contributed by atoms with Crippen LogP contribution in [0.15, 0.2) is 0 Å². The highest BCUT2D eigenvalue weighted by molar-refractivity contribution is 5.75. The lowest BCUT2D eigenvalue weighted by molar-refractivity contribution is -0.144. The van der Waals surface area contributed by atoms with E-state index in [2.05, 4.69) is 19.2 Å². The third-order valence-electron chi connectivity index (χ3n) is 2.97. The molecule has 1 unspecified atom stereocenters. The number of carbonyl (C=O) groups is 1. The van der Waals surface area contributed by atoms with Crippen molar-refractivity contribution in [3.63, 3.8) is 0 Å². The molecule has 0 radical (unpaired) electrons. The summed E-state index contributed by atoms with van der Waals surface area (Å²) >= 11 is 0. The van der Waals surface area contributed by atoms with Gasteiger partial charge in [-0.05, 0) is 24.3 Å². The maximum atomic E-state index is 11.5. The van der Waals surface area contributed by atoms with Crippen LogP contribution in [0.1, 0.15) is 27.7 Å². The van der Waals surface area contributed by atoms with Gasteiger partial charge in [-0.15, -0.1) is 0 Å². The molecule has 0 aromatic heterocycles. The number of methoxy groups -OCH3 is 1. The molecule has 0 amide bonds. The van der Waals surface area contributed by atoms with Gasteiger partial charge in [0.05, 0.1) is 7.11 Å². The van der Waals surface area contributed by atoms with E-state index in [4.69, 9.17) is 10.5 Å². The first-order chi connectivity index (χ1) is 7.43. The molecule has 0 rings (SSSR count). The van der Waals surface area contributed by atoms with Crippen LogP contribution in [0.2, 0.25) is 0 Å². The number of rotatable bonds is 7. The summed E-state index contributed by atoms with van der Waals surface area (Å²) < 4.78 is 4.77. The highest BCUT2D eigenvalue weighted by Gasteiger charge is 2.23. The number of esters is 1. The van der Waals surface area contributed by atoms with Gasteiger partial charge in [-0.2, -0.15) is 0 Å². The first-order valence-electron chi connectivity index (χ1n) is 5.95.